The summed E-state index contributed by atoms with van der Waals surface area (Å²) >= 11 is 0. The quantitative estimate of drug-likeness (QED) is 0.903. The Hall–Kier alpha value is -2.01. The Bertz CT molecular complexity index is 598. The summed E-state index contributed by atoms with van der Waals surface area (Å²) in [5, 5.41) is 3.76. The number of benzene rings is 1. The van der Waals surface area contributed by atoms with Gasteiger partial charge in [0.25, 0.3) is 0 Å². The Morgan fingerprint density at radius 3 is 2.80 bits per heavy atom. The first-order valence-electron chi connectivity index (χ1n) is 6.56. The smallest absolute Gasteiger partial charge is 0.408 e. The summed E-state index contributed by atoms with van der Waals surface area (Å²) in [4.78, 5) is 11.8. The average Bonchev–Trinajstić information content (AvgIpc) is 2.80. The zero-order chi connectivity index (χ0) is 14.8. The Kier molecular flexibility index (Phi) is 3.99. The van der Waals surface area contributed by atoms with Crippen LogP contribution in [0.15, 0.2) is 34.9 Å². The van der Waals surface area contributed by atoms with Crippen molar-refractivity contribution in [1.29, 1.82) is 0 Å². The number of nitrogens with one attached hydrogen (secondary N) is 1. The van der Waals surface area contributed by atoms with Crippen molar-refractivity contribution >= 4 is 17.1 Å². The van der Waals surface area contributed by atoms with Crippen LogP contribution in [0.25, 0.3) is 11.0 Å². The van der Waals surface area contributed by atoms with Crippen LogP contribution >= 0.6 is 0 Å². The monoisotopic (exact) mass is 276 g/mol. The topological polar surface area (TPSA) is 77.5 Å². The molecule has 3 N–H and O–H groups in total. The Labute approximate surface area is 118 Å². The minimum absolute atomic E-state index is 0.288. The van der Waals surface area contributed by atoms with Crippen molar-refractivity contribution in [2.45, 2.75) is 32.4 Å². The largest absolute Gasteiger partial charge is 0.464 e. The van der Waals surface area contributed by atoms with Crippen LogP contribution < -0.4 is 11.1 Å². The minimum atomic E-state index is -0.530. The van der Waals surface area contributed by atoms with Crippen LogP contribution in [0.4, 0.5) is 4.79 Å². The molecular weight excluding hydrogens is 256 g/mol. The molecule has 1 amide bonds. The maximum absolute atomic E-state index is 11.8. The van der Waals surface area contributed by atoms with E-state index in [-0.39, 0.29) is 6.04 Å². The van der Waals surface area contributed by atoms with E-state index in [1.54, 1.807) is 6.26 Å². The van der Waals surface area contributed by atoms with Gasteiger partial charge in [0.05, 0.1) is 12.3 Å². The van der Waals surface area contributed by atoms with Gasteiger partial charge in [-0.15, -0.1) is 0 Å². The first-order chi connectivity index (χ1) is 9.39. The number of hydrogen-bond donors (Lipinski definition) is 2. The van der Waals surface area contributed by atoms with E-state index in [0.29, 0.717) is 6.54 Å². The second-order valence-corrected chi connectivity index (χ2v) is 5.65. The van der Waals surface area contributed by atoms with Gasteiger partial charge in [0, 0.05) is 11.9 Å². The molecular formula is C15H20N2O3. The van der Waals surface area contributed by atoms with Gasteiger partial charge in [-0.05, 0) is 44.5 Å². The number of nitrogens with two attached hydrogens (primary N) is 1. The predicted molar refractivity (Wildman–Crippen MR) is 77.4 cm³/mol. The van der Waals surface area contributed by atoms with E-state index < -0.39 is 11.7 Å². The predicted octanol–water partition coefficient (Wildman–Crippen LogP) is 2.96. The van der Waals surface area contributed by atoms with E-state index >= 15 is 0 Å². The number of ether oxygens (including phenoxy) is 1. The Balaban J connectivity index is 2.13. The van der Waals surface area contributed by atoms with Crippen LogP contribution in [0.1, 0.15) is 32.4 Å². The van der Waals surface area contributed by atoms with Crippen LogP contribution in [-0.2, 0) is 4.74 Å². The van der Waals surface area contributed by atoms with Gasteiger partial charge in [-0.25, -0.2) is 4.79 Å². The number of rotatable bonds is 3. The van der Waals surface area contributed by atoms with Gasteiger partial charge in [0.2, 0.25) is 0 Å². The highest BCUT2D eigenvalue weighted by molar-refractivity contribution is 5.78. The first-order valence-corrected chi connectivity index (χ1v) is 6.56. The summed E-state index contributed by atoms with van der Waals surface area (Å²) in [6.45, 7) is 5.76. The molecule has 0 aliphatic carbocycles. The third kappa shape index (κ3) is 3.51. The van der Waals surface area contributed by atoms with Crippen molar-refractivity contribution in [3.05, 3.63) is 36.1 Å². The van der Waals surface area contributed by atoms with Gasteiger partial charge in [-0.1, -0.05) is 6.07 Å². The lowest BCUT2D eigenvalue weighted by atomic mass is 10.1. The zero-order valence-electron chi connectivity index (χ0n) is 12.0. The SMILES string of the molecule is CC(C)(C)OC(=O)NC(CN)c1ccc2occc2c1. The van der Waals surface area contributed by atoms with Gasteiger partial charge in [0.15, 0.2) is 0 Å². The molecule has 0 fully saturated rings. The third-order valence-electron chi connectivity index (χ3n) is 2.81. The fourth-order valence-electron chi connectivity index (χ4n) is 1.93. The number of amides is 1. The van der Waals surface area contributed by atoms with Gasteiger partial charge in [-0.2, -0.15) is 0 Å². The fourth-order valence-corrected chi connectivity index (χ4v) is 1.93. The van der Waals surface area contributed by atoms with Crippen LogP contribution in [-0.4, -0.2) is 18.2 Å². The number of fused-ring (bicyclic) bond motifs is 1. The van der Waals surface area contributed by atoms with Crippen molar-refractivity contribution in [3.63, 3.8) is 0 Å². The molecule has 0 saturated carbocycles. The van der Waals surface area contributed by atoms with Crippen LogP contribution in [0, 0.1) is 0 Å². The van der Waals surface area contributed by atoms with Crippen molar-refractivity contribution in [3.8, 4) is 0 Å². The molecule has 20 heavy (non-hydrogen) atoms. The summed E-state index contributed by atoms with van der Waals surface area (Å²) in [5.74, 6) is 0. The summed E-state index contributed by atoms with van der Waals surface area (Å²) < 4.78 is 10.5. The average molecular weight is 276 g/mol. The number of carbonyl (C=O) groups is 1. The summed E-state index contributed by atoms with van der Waals surface area (Å²) in [6.07, 6.45) is 1.16. The van der Waals surface area contributed by atoms with E-state index in [1.807, 2.05) is 45.0 Å². The Morgan fingerprint density at radius 1 is 1.40 bits per heavy atom. The lowest BCUT2D eigenvalue weighted by Crippen LogP contribution is -2.37. The number of furan rings is 1. The number of carbonyl (C=O) groups excluding carboxylic acids is 1. The highest BCUT2D eigenvalue weighted by Gasteiger charge is 2.20. The maximum Gasteiger partial charge on any atom is 0.408 e. The molecule has 0 aliphatic rings. The normalized spacial score (nSPS) is 13.2. The molecule has 0 aliphatic heterocycles. The van der Waals surface area contributed by atoms with Gasteiger partial charge >= 0.3 is 6.09 Å². The molecule has 108 valence electrons. The third-order valence-corrected chi connectivity index (χ3v) is 2.81. The number of alkyl carbamates (subject to hydrolysis) is 1. The standard InChI is InChI=1S/C15H20N2O3/c1-15(2,3)20-14(18)17-12(9-16)10-4-5-13-11(8-10)6-7-19-13/h4-8,12H,9,16H2,1-3H3,(H,17,18). The van der Waals surface area contributed by atoms with E-state index in [1.165, 1.54) is 0 Å². The van der Waals surface area contributed by atoms with Crippen molar-refractivity contribution < 1.29 is 13.9 Å². The van der Waals surface area contributed by atoms with Crippen LogP contribution in [0.5, 0.6) is 0 Å². The van der Waals surface area contributed by atoms with Gasteiger partial charge in [0.1, 0.15) is 11.2 Å². The molecule has 0 bridgehead atoms. The second-order valence-electron chi connectivity index (χ2n) is 5.65. The fraction of sp³-hybridized carbons (Fsp3) is 0.400. The molecule has 0 saturated heterocycles. The molecule has 5 heteroatoms. The molecule has 5 nitrogen and oxygen atoms in total. The lowest BCUT2D eigenvalue weighted by molar-refractivity contribution is 0.0505. The van der Waals surface area contributed by atoms with Crippen LogP contribution in [0.3, 0.4) is 0 Å². The molecule has 2 aromatic rings. The molecule has 1 unspecified atom stereocenters. The van der Waals surface area contributed by atoms with Gasteiger partial charge in [-0.3, -0.25) is 0 Å². The molecule has 1 heterocycles. The number of hydrogen-bond acceptors (Lipinski definition) is 4. The Morgan fingerprint density at radius 2 is 2.15 bits per heavy atom. The molecule has 0 radical (unpaired) electrons. The highest BCUT2D eigenvalue weighted by atomic mass is 16.6. The first kappa shape index (κ1) is 14.4. The summed E-state index contributed by atoms with van der Waals surface area (Å²) in [6, 6.07) is 7.29. The zero-order valence-corrected chi connectivity index (χ0v) is 12.0. The summed E-state index contributed by atoms with van der Waals surface area (Å²) in [5.41, 5.74) is 6.94. The van der Waals surface area contributed by atoms with E-state index in [0.717, 1.165) is 16.5 Å². The van der Waals surface area contributed by atoms with E-state index in [9.17, 15) is 4.79 Å². The molecule has 1 aromatic heterocycles. The van der Waals surface area contributed by atoms with Crippen molar-refractivity contribution in [2.75, 3.05) is 6.54 Å². The minimum Gasteiger partial charge on any atom is -0.464 e. The molecule has 1 atom stereocenters. The second kappa shape index (κ2) is 5.54. The van der Waals surface area contributed by atoms with Crippen molar-refractivity contribution in [1.82, 2.24) is 5.32 Å². The lowest BCUT2D eigenvalue weighted by Gasteiger charge is -2.23. The maximum atomic E-state index is 11.8. The van der Waals surface area contributed by atoms with Gasteiger partial charge < -0.3 is 20.2 Å². The molecule has 1 aromatic carbocycles. The molecule has 0 spiro atoms. The molecule has 2 rings (SSSR count). The van der Waals surface area contributed by atoms with E-state index in [2.05, 4.69) is 5.32 Å². The van der Waals surface area contributed by atoms with Crippen molar-refractivity contribution in [2.24, 2.45) is 5.73 Å². The highest BCUT2D eigenvalue weighted by Crippen LogP contribution is 2.21. The summed E-state index contributed by atoms with van der Waals surface area (Å²) in [7, 11) is 0. The van der Waals surface area contributed by atoms with Crippen LogP contribution in [0.2, 0.25) is 0 Å². The van der Waals surface area contributed by atoms with E-state index in [4.69, 9.17) is 14.9 Å².